The predicted octanol–water partition coefficient (Wildman–Crippen LogP) is 3.15. The van der Waals surface area contributed by atoms with E-state index < -0.39 is 10.0 Å². The van der Waals surface area contributed by atoms with Crippen LogP contribution in [0.15, 0.2) is 53.4 Å². The monoisotopic (exact) mass is 345 g/mol. The van der Waals surface area contributed by atoms with Crippen molar-refractivity contribution in [1.29, 1.82) is 0 Å². The van der Waals surface area contributed by atoms with E-state index in [1.165, 1.54) is 5.56 Å². The van der Waals surface area contributed by atoms with Gasteiger partial charge >= 0.3 is 0 Å². The van der Waals surface area contributed by atoms with E-state index in [2.05, 4.69) is 6.07 Å². The summed E-state index contributed by atoms with van der Waals surface area (Å²) in [7, 11) is -3.55. The van der Waals surface area contributed by atoms with Crippen molar-refractivity contribution < 1.29 is 13.2 Å². The molecule has 0 aromatic heterocycles. The first-order valence-corrected chi connectivity index (χ1v) is 9.69. The second-order valence-electron chi connectivity index (χ2n) is 6.15. The van der Waals surface area contributed by atoms with Crippen LogP contribution in [-0.4, -0.2) is 32.0 Å². The van der Waals surface area contributed by atoms with E-state index in [-0.39, 0.29) is 6.04 Å². The normalized spacial score (nSPS) is 18.3. The van der Waals surface area contributed by atoms with Crippen LogP contribution in [0, 0.1) is 6.92 Å². The summed E-state index contributed by atoms with van der Waals surface area (Å²) in [5, 5.41) is 0. The molecule has 0 aliphatic carbocycles. The molecule has 2 aromatic carbocycles. The molecule has 0 spiro atoms. The number of aryl methyl sites for hydroxylation is 1. The van der Waals surface area contributed by atoms with Crippen LogP contribution >= 0.6 is 0 Å². The van der Waals surface area contributed by atoms with E-state index in [0.717, 1.165) is 11.1 Å². The van der Waals surface area contributed by atoms with Gasteiger partial charge in [0.2, 0.25) is 10.0 Å². The Balaban J connectivity index is 1.97. The molecule has 1 heterocycles. The van der Waals surface area contributed by atoms with Gasteiger partial charge < -0.3 is 4.74 Å². The molecule has 1 aliphatic heterocycles. The van der Waals surface area contributed by atoms with Crippen LogP contribution in [-0.2, 0) is 27.7 Å². The third-order valence-electron chi connectivity index (χ3n) is 4.45. The van der Waals surface area contributed by atoms with Crippen molar-refractivity contribution in [1.82, 2.24) is 4.31 Å². The third-order valence-corrected chi connectivity index (χ3v) is 6.36. The van der Waals surface area contributed by atoms with Crippen LogP contribution in [0.3, 0.4) is 0 Å². The molecule has 128 valence electrons. The zero-order chi connectivity index (χ0) is 17.2. The Hall–Kier alpha value is -1.69. The number of hydrogen-bond donors (Lipinski definition) is 0. The summed E-state index contributed by atoms with van der Waals surface area (Å²) in [6.45, 7) is 5.26. The van der Waals surface area contributed by atoms with Crippen LogP contribution in [0.25, 0.3) is 0 Å². The summed E-state index contributed by atoms with van der Waals surface area (Å²) in [5.41, 5.74) is 3.32. The number of fused-ring (bicyclic) bond motifs is 1. The Kier molecular flexibility index (Phi) is 5.04. The molecule has 0 fully saturated rings. The van der Waals surface area contributed by atoms with Crippen molar-refractivity contribution in [3.05, 3.63) is 65.2 Å². The van der Waals surface area contributed by atoms with E-state index in [4.69, 9.17) is 4.74 Å². The number of benzene rings is 2. The number of rotatable bonds is 5. The Morgan fingerprint density at radius 2 is 1.75 bits per heavy atom. The smallest absolute Gasteiger partial charge is 0.243 e. The fourth-order valence-electron chi connectivity index (χ4n) is 3.09. The summed E-state index contributed by atoms with van der Waals surface area (Å²) in [6.07, 6.45) is 0.682. The molecular weight excluding hydrogens is 322 g/mol. The highest BCUT2D eigenvalue weighted by molar-refractivity contribution is 7.89. The maximum Gasteiger partial charge on any atom is 0.243 e. The molecule has 3 rings (SSSR count). The lowest BCUT2D eigenvalue weighted by atomic mass is 9.96. The van der Waals surface area contributed by atoms with Crippen molar-refractivity contribution in [2.24, 2.45) is 0 Å². The molecule has 0 saturated heterocycles. The lowest BCUT2D eigenvalue weighted by Crippen LogP contribution is -2.46. The van der Waals surface area contributed by atoms with E-state index in [9.17, 15) is 8.42 Å². The topological polar surface area (TPSA) is 46.6 Å². The SMILES string of the molecule is CCOC[C@@H]1Cc2ccccc2CN1S(=O)(=O)c1ccc(C)cc1. The fourth-order valence-corrected chi connectivity index (χ4v) is 4.67. The van der Waals surface area contributed by atoms with Crippen molar-refractivity contribution in [3.8, 4) is 0 Å². The number of ether oxygens (including phenoxy) is 1. The molecule has 0 saturated carbocycles. The van der Waals surface area contributed by atoms with Gasteiger partial charge in [-0.1, -0.05) is 42.0 Å². The zero-order valence-electron chi connectivity index (χ0n) is 14.1. The van der Waals surface area contributed by atoms with Crippen molar-refractivity contribution in [3.63, 3.8) is 0 Å². The van der Waals surface area contributed by atoms with Gasteiger partial charge in [0, 0.05) is 13.2 Å². The molecule has 0 amide bonds. The predicted molar refractivity (Wildman–Crippen MR) is 94.3 cm³/mol. The van der Waals surface area contributed by atoms with Gasteiger partial charge in [-0.2, -0.15) is 4.31 Å². The third kappa shape index (κ3) is 3.38. The van der Waals surface area contributed by atoms with Gasteiger partial charge in [0.25, 0.3) is 0 Å². The summed E-state index contributed by atoms with van der Waals surface area (Å²) in [4.78, 5) is 0.342. The minimum Gasteiger partial charge on any atom is -0.380 e. The summed E-state index contributed by atoms with van der Waals surface area (Å²) < 4.78 is 33.5. The van der Waals surface area contributed by atoms with Gasteiger partial charge in [0.05, 0.1) is 17.5 Å². The largest absolute Gasteiger partial charge is 0.380 e. The lowest BCUT2D eigenvalue weighted by molar-refractivity contribution is 0.0915. The number of sulfonamides is 1. The molecule has 2 aromatic rings. The second-order valence-corrected chi connectivity index (χ2v) is 8.04. The van der Waals surface area contributed by atoms with E-state index >= 15 is 0 Å². The van der Waals surface area contributed by atoms with E-state index in [0.29, 0.717) is 31.1 Å². The highest BCUT2D eigenvalue weighted by atomic mass is 32.2. The molecule has 0 bridgehead atoms. The van der Waals surface area contributed by atoms with Gasteiger partial charge in [-0.25, -0.2) is 8.42 Å². The highest BCUT2D eigenvalue weighted by Crippen LogP contribution is 2.29. The summed E-state index contributed by atoms with van der Waals surface area (Å²) >= 11 is 0. The summed E-state index contributed by atoms with van der Waals surface area (Å²) in [6, 6.07) is 14.9. The van der Waals surface area contributed by atoms with Gasteiger partial charge in [-0.3, -0.25) is 0 Å². The molecular formula is C19H23NO3S. The minimum atomic E-state index is -3.55. The second kappa shape index (κ2) is 7.05. The van der Waals surface area contributed by atoms with E-state index in [1.807, 2.05) is 44.2 Å². The molecule has 4 nitrogen and oxygen atoms in total. The molecule has 1 atom stereocenters. The van der Waals surface area contributed by atoms with Crippen LogP contribution in [0.2, 0.25) is 0 Å². The zero-order valence-corrected chi connectivity index (χ0v) is 14.9. The highest BCUT2D eigenvalue weighted by Gasteiger charge is 2.35. The van der Waals surface area contributed by atoms with Gasteiger partial charge in [0.1, 0.15) is 0 Å². The number of nitrogens with zero attached hydrogens (tertiary/aromatic N) is 1. The molecule has 0 N–H and O–H groups in total. The number of hydrogen-bond acceptors (Lipinski definition) is 3. The average molecular weight is 345 g/mol. The minimum absolute atomic E-state index is 0.175. The fraction of sp³-hybridized carbons (Fsp3) is 0.368. The van der Waals surface area contributed by atoms with Crippen molar-refractivity contribution in [2.45, 2.75) is 37.8 Å². The quantitative estimate of drug-likeness (QED) is 0.836. The maximum atomic E-state index is 13.2. The van der Waals surface area contributed by atoms with Crippen LogP contribution < -0.4 is 0 Å². The molecule has 5 heteroatoms. The Labute approximate surface area is 144 Å². The molecule has 1 aliphatic rings. The van der Waals surface area contributed by atoms with E-state index in [1.54, 1.807) is 16.4 Å². The average Bonchev–Trinajstić information content (AvgIpc) is 2.59. The van der Waals surface area contributed by atoms with Gasteiger partial charge in [-0.15, -0.1) is 0 Å². The first kappa shape index (κ1) is 17.1. The molecule has 0 unspecified atom stereocenters. The molecule has 0 radical (unpaired) electrons. The Bertz CT molecular complexity index is 800. The van der Waals surface area contributed by atoms with Crippen molar-refractivity contribution in [2.75, 3.05) is 13.2 Å². The summed E-state index contributed by atoms with van der Waals surface area (Å²) in [5.74, 6) is 0. The lowest BCUT2D eigenvalue weighted by Gasteiger charge is -2.35. The first-order chi connectivity index (χ1) is 11.5. The maximum absolute atomic E-state index is 13.2. The van der Waals surface area contributed by atoms with Crippen LogP contribution in [0.1, 0.15) is 23.6 Å². The first-order valence-electron chi connectivity index (χ1n) is 8.25. The van der Waals surface area contributed by atoms with Crippen molar-refractivity contribution >= 4 is 10.0 Å². The Morgan fingerprint density at radius 1 is 1.08 bits per heavy atom. The van der Waals surface area contributed by atoms with Gasteiger partial charge in [-0.05, 0) is 43.5 Å². The van der Waals surface area contributed by atoms with Crippen LogP contribution in [0.4, 0.5) is 0 Å². The van der Waals surface area contributed by atoms with Gasteiger partial charge in [0.15, 0.2) is 0 Å². The molecule has 24 heavy (non-hydrogen) atoms. The Morgan fingerprint density at radius 3 is 2.42 bits per heavy atom. The standard InChI is InChI=1S/C19H23NO3S/c1-3-23-14-18-12-16-6-4-5-7-17(16)13-20(18)24(21,22)19-10-8-15(2)9-11-19/h4-11,18H,3,12-14H2,1-2H3/t18-/m0/s1. The van der Waals surface area contributed by atoms with Crippen LogP contribution in [0.5, 0.6) is 0 Å².